The number of hydrogen-bond acceptors (Lipinski definition) is 5. The summed E-state index contributed by atoms with van der Waals surface area (Å²) in [7, 11) is 3.64. The molecule has 0 atom stereocenters. The molecule has 2 N–H and O–H groups in total. The van der Waals surface area contributed by atoms with E-state index >= 15 is 0 Å². The zero-order valence-electron chi connectivity index (χ0n) is 18.8. The maximum atomic E-state index is 5.63. The summed E-state index contributed by atoms with van der Waals surface area (Å²) in [5.41, 5.74) is 1.25. The number of unbranched alkanes of at least 4 members (excludes halogenated alkanes) is 1. The van der Waals surface area contributed by atoms with Gasteiger partial charge >= 0.3 is 0 Å². The molecule has 0 bridgehead atoms. The summed E-state index contributed by atoms with van der Waals surface area (Å²) in [4.78, 5) is 4.68. The highest BCUT2D eigenvalue weighted by Crippen LogP contribution is 2.11. The summed E-state index contributed by atoms with van der Waals surface area (Å²) in [6.07, 6.45) is 4.11. The first-order chi connectivity index (χ1) is 14.6. The summed E-state index contributed by atoms with van der Waals surface area (Å²) in [6, 6.07) is 8.14. The van der Waals surface area contributed by atoms with Crippen LogP contribution in [0, 0.1) is 6.92 Å². The summed E-state index contributed by atoms with van der Waals surface area (Å²) in [6.45, 7) is 7.76. The molecule has 2 aromatic rings. The van der Waals surface area contributed by atoms with Crippen LogP contribution < -0.4 is 15.4 Å². The van der Waals surface area contributed by atoms with Crippen LogP contribution in [0.15, 0.2) is 29.3 Å². The maximum Gasteiger partial charge on any atom is 0.191 e. The number of aryl methyl sites for hydroxylation is 1. The monoisotopic (exact) mass is 416 g/mol. The number of rotatable bonds is 13. The van der Waals surface area contributed by atoms with Gasteiger partial charge < -0.3 is 24.7 Å². The van der Waals surface area contributed by atoms with Crippen LogP contribution in [0.5, 0.6) is 5.75 Å². The molecular weight excluding hydrogens is 380 g/mol. The second-order valence-electron chi connectivity index (χ2n) is 7.16. The van der Waals surface area contributed by atoms with E-state index in [0.29, 0.717) is 6.54 Å². The lowest BCUT2D eigenvalue weighted by atomic mass is 10.1. The normalized spacial score (nSPS) is 11.5. The van der Waals surface area contributed by atoms with Crippen LogP contribution in [0.25, 0.3) is 0 Å². The van der Waals surface area contributed by atoms with Crippen molar-refractivity contribution in [2.75, 3.05) is 33.4 Å². The molecule has 0 saturated carbocycles. The van der Waals surface area contributed by atoms with Crippen molar-refractivity contribution in [3.63, 3.8) is 0 Å². The standard InChI is InChI=1S/C22H36N6O2/c1-5-6-15-30-16-7-13-23-22(25-17-21-27-26-18(2)28(21)3)24-14-12-19-8-10-20(29-4)11-9-19/h8-11H,5-7,12-17H2,1-4H3,(H2,23,24,25). The van der Waals surface area contributed by atoms with E-state index in [4.69, 9.17) is 9.47 Å². The van der Waals surface area contributed by atoms with Gasteiger partial charge in [0.2, 0.25) is 0 Å². The second-order valence-corrected chi connectivity index (χ2v) is 7.16. The fourth-order valence-corrected chi connectivity index (χ4v) is 2.76. The Morgan fingerprint density at radius 2 is 1.80 bits per heavy atom. The maximum absolute atomic E-state index is 5.63. The molecule has 1 aromatic carbocycles. The van der Waals surface area contributed by atoms with Gasteiger partial charge in [0.05, 0.1) is 7.11 Å². The summed E-state index contributed by atoms with van der Waals surface area (Å²) < 4.78 is 12.8. The topological polar surface area (TPSA) is 85.6 Å². The van der Waals surface area contributed by atoms with E-state index in [1.807, 2.05) is 30.7 Å². The van der Waals surface area contributed by atoms with Gasteiger partial charge in [-0.05, 0) is 43.9 Å². The minimum Gasteiger partial charge on any atom is -0.497 e. The van der Waals surface area contributed by atoms with Gasteiger partial charge in [0.15, 0.2) is 11.8 Å². The molecule has 0 spiro atoms. The first-order valence-corrected chi connectivity index (χ1v) is 10.7. The molecule has 0 aliphatic heterocycles. The van der Waals surface area contributed by atoms with Gasteiger partial charge in [0, 0.05) is 33.4 Å². The number of hydrogen-bond donors (Lipinski definition) is 2. The molecule has 0 fully saturated rings. The Morgan fingerprint density at radius 1 is 1.07 bits per heavy atom. The Kier molecular flexibility index (Phi) is 10.7. The van der Waals surface area contributed by atoms with Crippen molar-refractivity contribution in [3.05, 3.63) is 41.5 Å². The Morgan fingerprint density at radius 3 is 2.47 bits per heavy atom. The summed E-state index contributed by atoms with van der Waals surface area (Å²) >= 11 is 0. The number of nitrogens with zero attached hydrogens (tertiary/aromatic N) is 4. The average molecular weight is 417 g/mol. The van der Waals surface area contributed by atoms with Crippen LogP contribution in [-0.2, 0) is 24.8 Å². The Bertz CT molecular complexity index is 757. The smallest absolute Gasteiger partial charge is 0.191 e. The van der Waals surface area contributed by atoms with Crippen molar-refractivity contribution >= 4 is 5.96 Å². The zero-order chi connectivity index (χ0) is 21.6. The van der Waals surface area contributed by atoms with Gasteiger partial charge in [0.25, 0.3) is 0 Å². The number of ether oxygens (including phenoxy) is 2. The molecule has 8 nitrogen and oxygen atoms in total. The van der Waals surface area contributed by atoms with E-state index in [1.165, 1.54) is 5.56 Å². The molecule has 1 heterocycles. The van der Waals surface area contributed by atoms with Crippen molar-refractivity contribution in [1.82, 2.24) is 25.4 Å². The molecule has 0 aliphatic carbocycles. The quantitative estimate of drug-likeness (QED) is 0.297. The van der Waals surface area contributed by atoms with Gasteiger partial charge in [-0.3, -0.25) is 0 Å². The van der Waals surface area contributed by atoms with Crippen LogP contribution in [-0.4, -0.2) is 54.1 Å². The number of methoxy groups -OCH3 is 1. The minimum atomic E-state index is 0.474. The van der Waals surface area contributed by atoms with Crippen LogP contribution in [0.1, 0.15) is 43.4 Å². The molecule has 30 heavy (non-hydrogen) atoms. The molecule has 0 unspecified atom stereocenters. The molecule has 0 saturated heterocycles. The fourth-order valence-electron chi connectivity index (χ4n) is 2.76. The molecule has 1 aromatic heterocycles. The lowest BCUT2D eigenvalue weighted by Crippen LogP contribution is -2.39. The van der Waals surface area contributed by atoms with E-state index in [1.54, 1.807) is 7.11 Å². The van der Waals surface area contributed by atoms with Crippen LogP contribution in [0.2, 0.25) is 0 Å². The third-order valence-electron chi connectivity index (χ3n) is 4.83. The SMILES string of the molecule is CCCCOCCCNC(=NCc1nnc(C)n1C)NCCc1ccc(OC)cc1. The summed E-state index contributed by atoms with van der Waals surface area (Å²) in [5, 5.41) is 15.1. The van der Waals surface area contributed by atoms with Crippen molar-refractivity contribution < 1.29 is 9.47 Å². The van der Waals surface area contributed by atoms with Gasteiger partial charge in [-0.15, -0.1) is 10.2 Å². The number of nitrogens with one attached hydrogen (secondary N) is 2. The van der Waals surface area contributed by atoms with E-state index in [2.05, 4.69) is 44.9 Å². The molecule has 2 rings (SSSR count). The van der Waals surface area contributed by atoms with Crippen molar-refractivity contribution in [2.45, 2.75) is 46.1 Å². The number of aliphatic imine (C=N–C) groups is 1. The van der Waals surface area contributed by atoms with Gasteiger partial charge in [0.1, 0.15) is 18.1 Å². The third-order valence-corrected chi connectivity index (χ3v) is 4.83. The zero-order valence-corrected chi connectivity index (χ0v) is 18.8. The van der Waals surface area contributed by atoms with Crippen molar-refractivity contribution in [2.24, 2.45) is 12.0 Å². The predicted octanol–water partition coefficient (Wildman–Crippen LogP) is 2.62. The molecule has 0 aliphatic rings. The van der Waals surface area contributed by atoms with Gasteiger partial charge in [-0.25, -0.2) is 4.99 Å². The van der Waals surface area contributed by atoms with Crippen molar-refractivity contribution in [1.29, 1.82) is 0 Å². The van der Waals surface area contributed by atoms with E-state index in [9.17, 15) is 0 Å². The molecular formula is C22H36N6O2. The highest BCUT2D eigenvalue weighted by molar-refractivity contribution is 5.79. The van der Waals surface area contributed by atoms with Crippen LogP contribution >= 0.6 is 0 Å². The second kappa shape index (κ2) is 13.6. The molecule has 0 radical (unpaired) electrons. The predicted molar refractivity (Wildman–Crippen MR) is 120 cm³/mol. The first-order valence-electron chi connectivity index (χ1n) is 10.7. The largest absolute Gasteiger partial charge is 0.497 e. The average Bonchev–Trinajstić information content (AvgIpc) is 3.09. The Labute approximate surface area is 180 Å². The van der Waals surface area contributed by atoms with Crippen molar-refractivity contribution in [3.8, 4) is 5.75 Å². The van der Waals surface area contributed by atoms with E-state index in [0.717, 1.165) is 75.3 Å². The number of aromatic nitrogens is 3. The minimum absolute atomic E-state index is 0.474. The number of guanidine groups is 1. The summed E-state index contributed by atoms with van der Waals surface area (Å²) in [5.74, 6) is 3.37. The highest BCUT2D eigenvalue weighted by Gasteiger charge is 2.05. The lowest BCUT2D eigenvalue weighted by Gasteiger charge is -2.13. The van der Waals surface area contributed by atoms with Crippen LogP contribution in [0.4, 0.5) is 0 Å². The number of benzene rings is 1. The van der Waals surface area contributed by atoms with E-state index in [-0.39, 0.29) is 0 Å². The lowest BCUT2D eigenvalue weighted by molar-refractivity contribution is 0.129. The van der Waals surface area contributed by atoms with Gasteiger partial charge in [-0.2, -0.15) is 0 Å². The fraction of sp³-hybridized carbons (Fsp3) is 0.591. The molecule has 166 valence electrons. The van der Waals surface area contributed by atoms with Crippen LogP contribution in [0.3, 0.4) is 0 Å². The van der Waals surface area contributed by atoms with E-state index < -0.39 is 0 Å². The third kappa shape index (κ3) is 8.41. The van der Waals surface area contributed by atoms with Gasteiger partial charge in [-0.1, -0.05) is 25.5 Å². The molecule has 0 amide bonds. The molecule has 8 heteroatoms. The Balaban J connectivity index is 1.83. The highest BCUT2D eigenvalue weighted by atomic mass is 16.5. The first kappa shape index (κ1) is 23.7. The Hall–Kier alpha value is -2.61.